The van der Waals surface area contributed by atoms with Crippen molar-refractivity contribution >= 4 is 24.1 Å². The predicted octanol–water partition coefficient (Wildman–Crippen LogP) is 4.44. The monoisotopic (exact) mass is 336 g/mol. The highest BCUT2D eigenvalue weighted by atomic mass is 35.5. The van der Waals surface area contributed by atoms with Crippen molar-refractivity contribution in [2.75, 3.05) is 12.3 Å². The Balaban J connectivity index is 0.00000264. The van der Waals surface area contributed by atoms with Crippen LogP contribution in [0.4, 0.5) is 5.69 Å². The van der Waals surface area contributed by atoms with Crippen molar-refractivity contribution < 1.29 is 9.53 Å². The van der Waals surface area contributed by atoms with E-state index in [2.05, 4.69) is 11.5 Å². The normalized spacial score (nSPS) is 10.2. The zero-order valence-corrected chi connectivity index (χ0v) is 14.8. The molecule has 0 atom stereocenters. The van der Waals surface area contributed by atoms with E-state index in [9.17, 15) is 4.79 Å². The van der Waals surface area contributed by atoms with Crippen molar-refractivity contribution in [2.45, 2.75) is 40.2 Å². The minimum atomic E-state index is -0.343. The summed E-state index contributed by atoms with van der Waals surface area (Å²) in [7, 11) is 0. The standard InChI is InChI=1S/C18H24N2O2.ClH/c1-4-6-12-20-13(3)15(18(21)22-5-2)16(19)17(20)14-10-8-7-9-11-14;/h7-11H,4-6,12,19H2,1-3H3;1H. The number of anilines is 1. The molecule has 2 rings (SSSR count). The molecule has 0 fully saturated rings. The number of unbranched alkanes of at least 4 members (excludes halogenated alkanes) is 1. The Labute approximate surface area is 144 Å². The third-order valence-corrected chi connectivity index (χ3v) is 3.82. The van der Waals surface area contributed by atoms with E-state index in [4.69, 9.17) is 10.5 Å². The lowest BCUT2D eigenvalue weighted by Crippen LogP contribution is -2.08. The van der Waals surface area contributed by atoms with Gasteiger partial charge >= 0.3 is 5.97 Å². The summed E-state index contributed by atoms with van der Waals surface area (Å²) in [6.07, 6.45) is 2.12. The summed E-state index contributed by atoms with van der Waals surface area (Å²) in [6.45, 7) is 7.08. The predicted molar refractivity (Wildman–Crippen MR) is 97.1 cm³/mol. The molecule has 0 bridgehead atoms. The third-order valence-electron chi connectivity index (χ3n) is 3.82. The lowest BCUT2D eigenvalue weighted by molar-refractivity contribution is 0.0526. The van der Waals surface area contributed by atoms with Gasteiger partial charge in [0.1, 0.15) is 5.56 Å². The first-order valence-corrected chi connectivity index (χ1v) is 7.82. The molecule has 2 N–H and O–H groups in total. The number of ether oxygens (including phenoxy) is 1. The van der Waals surface area contributed by atoms with Crippen LogP contribution in [0.1, 0.15) is 42.7 Å². The molecule has 0 radical (unpaired) electrons. The highest BCUT2D eigenvalue weighted by Crippen LogP contribution is 2.34. The molecule has 1 aromatic heterocycles. The number of nitrogens with two attached hydrogens (primary N) is 1. The molecule has 0 aliphatic rings. The van der Waals surface area contributed by atoms with Gasteiger partial charge in [0.05, 0.1) is 18.0 Å². The van der Waals surface area contributed by atoms with Crippen LogP contribution in [-0.4, -0.2) is 17.1 Å². The van der Waals surface area contributed by atoms with Gasteiger partial charge in [-0.1, -0.05) is 43.7 Å². The Kier molecular flexibility index (Phi) is 7.17. The summed E-state index contributed by atoms with van der Waals surface area (Å²) in [5.74, 6) is -0.343. The molecule has 1 heterocycles. The number of aromatic nitrogens is 1. The Morgan fingerprint density at radius 2 is 1.87 bits per heavy atom. The summed E-state index contributed by atoms with van der Waals surface area (Å²) in [6, 6.07) is 9.96. The Morgan fingerprint density at radius 1 is 1.22 bits per heavy atom. The van der Waals surface area contributed by atoms with E-state index < -0.39 is 0 Å². The summed E-state index contributed by atoms with van der Waals surface area (Å²) in [4.78, 5) is 12.2. The Morgan fingerprint density at radius 3 is 2.43 bits per heavy atom. The van der Waals surface area contributed by atoms with Gasteiger partial charge in [0.2, 0.25) is 0 Å². The molecular formula is C18H25ClN2O2. The van der Waals surface area contributed by atoms with Gasteiger partial charge in [-0.15, -0.1) is 12.4 Å². The van der Waals surface area contributed by atoms with E-state index in [1.54, 1.807) is 6.92 Å². The van der Waals surface area contributed by atoms with Gasteiger partial charge in [0, 0.05) is 17.8 Å². The van der Waals surface area contributed by atoms with E-state index in [0.29, 0.717) is 17.9 Å². The zero-order chi connectivity index (χ0) is 16.1. The quantitative estimate of drug-likeness (QED) is 0.793. The summed E-state index contributed by atoms with van der Waals surface area (Å²) in [5.41, 5.74) is 10.1. The van der Waals surface area contributed by atoms with Gasteiger partial charge in [-0.3, -0.25) is 0 Å². The Hall–Kier alpha value is -1.94. The number of nitrogen functional groups attached to an aromatic ring is 1. The van der Waals surface area contributed by atoms with E-state index in [0.717, 1.165) is 36.3 Å². The first-order valence-electron chi connectivity index (χ1n) is 7.82. The van der Waals surface area contributed by atoms with Crippen molar-refractivity contribution in [3.63, 3.8) is 0 Å². The molecule has 0 unspecified atom stereocenters. The van der Waals surface area contributed by atoms with Crippen LogP contribution in [0.2, 0.25) is 0 Å². The molecule has 0 amide bonds. The van der Waals surface area contributed by atoms with Crippen LogP contribution >= 0.6 is 12.4 Å². The molecule has 4 nitrogen and oxygen atoms in total. The molecule has 0 aliphatic carbocycles. The molecule has 0 spiro atoms. The maximum Gasteiger partial charge on any atom is 0.342 e. The fraction of sp³-hybridized carbons (Fsp3) is 0.389. The highest BCUT2D eigenvalue weighted by molar-refractivity contribution is 6.01. The van der Waals surface area contributed by atoms with Gasteiger partial charge in [-0.2, -0.15) is 0 Å². The number of rotatable bonds is 6. The molecule has 0 saturated carbocycles. The van der Waals surface area contributed by atoms with E-state index in [1.807, 2.05) is 37.3 Å². The average Bonchev–Trinajstić information content (AvgIpc) is 2.76. The fourth-order valence-electron chi connectivity index (χ4n) is 2.73. The van der Waals surface area contributed by atoms with Gasteiger partial charge in [0.15, 0.2) is 0 Å². The van der Waals surface area contributed by atoms with Crippen LogP contribution in [0.5, 0.6) is 0 Å². The topological polar surface area (TPSA) is 57.2 Å². The lowest BCUT2D eigenvalue weighted by atomic mass is 10.1. The summed E-state index contributed by atoms with van der Waals surface area (Å²) >= 11 is 0. The molecule has 23 heavy (non-hydrogen) atoms. The third kappa shape index (κ3) is 3.88. The lowest BCUT2D eigenvalue weighted by Gasteiger charge is -2.11. The number of benzene rings is 1. The van der Waals surface area contributed by atoms with Crippen LogP contribution in [0.3, 0.4) is 0 Å². The van der Waals surface area contributed by atoms with Crippen LogP contribution in [0.25, 0.3) is 11.3 Å². The van der Waals surface area contributed by atoms with Gasteiger partial charge in [-0.25, -0.2) is 4.79 Å². The maximum atomic E-state index is 12.2. The second-order valence-corrected chi connectivity index (χ2v) is 5.31. The number of nitrogens with zero attached hydrogens (tertiary/aromatic N) is 1. The smallest absolute Gasteiger partial charge is 0.342 e. The number of carbonyl (C=O) groups is 1. The molecular weight excluding hydrogens is 312 g/mol. The average molecular weight is 337 g/mol. The first-order chi connectivity index (χ1) is 10.6. The van der Waals surface area contributed by atoms with Crippen molar-refractivity contribution in [1.82, 2.24) is 4.57 Å². The van der Waals surface area contributed by atoms with Crippen LogP contribution in [0.15, 0.2) is 30.3 Å². The highest BCUT2D eigenvalue weighted by Gasteiger charge is 2.24. The van der Waals surface area contributed by atoms with E-state index in [1.165, 1.54) is 0 Å². The largest absolute Gasteiger partial charge is 0.462 e. The molecule has 0 saturated heterocycles. The molecule has 2 aromatic rings. The SMILES string of the molecule is CCCCn1c(C)c(C(=O)OCC)c(N)c1-c1ccccc1.Cl. The second kappa shape index (κ2) is 8.63. The number of hydrogen-bond donors (Lipinski definition) is 1. The molecule has 1 aromatic carbocycles. The van der Waals surface area contributed by atoms with Crippen molar-refractivity contribution in [2.24, 2.45) is 0 Å². The van der Waals surface area contributed by atoms with Crippen LogP contribution in [-0.2, 0) is 11.3 Å². The van der Waals surface area contributed by atoms with Gasteiger partial charge in [-0.05, 0) is 20.3 Å². The van der Waals surface area contributed by atoms with Gasteiger partial charge < -0.3 is 15.0 Å². The fourth-order valence-corrected chi connectivity index (χ4v) is 2.73. The van der Waals surface area contributed by atoms with Gasteiger partial charge in [0.25, 0.3) is 0 Å². The number of hydrogen-bond acceptors (Lipinski definition) is 3. The van der Waals surface area contributed by atoms with Crippen molar-refractivity contribution in [1.29, 1.82) is 0 Å². The van der Waals surface area contributed by atoms with E-state index in [-0.39, 0.29) is 18.4 Å². The summed E-state index contributed by atoms with van der Waals surface area (Å²) in [5, 5.41) is 0. The van der Waals surface area contributed by atoms with Crippen LogP contribution in [0, 0.1) is 6.92 Å². The number of carbonyl (C=O) groups excluding carboxylic acids is 1. The second-order valence-electron chi connectivity index (χ2n) is 5.31. The van der Waals surface area contributed by atoms with Crippen molar-refractivity contribution in [3.05, 3.63) is 41.6 Å². The Bertz CT molecular complexity index is 651. The zero-order valence-electron chi connectivity index (χ0n) is 14.0. The number of esters is 1. The number of halogens is 1. The van der Waals surface area contributed by atoms with Crippen LogP contribution < -0.4 is 5.73 Å². The first kappa shape index (κ1) is 19.1. The van der Waals surface area contributed by atoms with Crippen molar-refractivity contribution in [3.8, 4) is 11.3 Å². The molecule has 126 valence electrons. The summed E-state index contributed by atoms with van der Waals surface area (Å²) < 4.78 is 7.31. The molecule has 0 aliphatic heterocycles. The maximum absolute atomic E-state index is 12.2. The minimum absolute atomic E-state index is 0. The molecule has 5 heteroatoms. The van der Waals surface area contributed by atoms with E-state index >= 15 is 0 Å². The minimum Gasteiger partial charge on any atom is -0.462 e.